The lowest BCUT2D eigenvalue weighted by Crippen LogP contribution is -2.49. The average molecular weight is 261 g/mol. The van der Waals surface area contributed by atoms with Crippen molar-refractivity contribution in [3.8, 4) is 0 Å². The third kappa shape index (κ3) is 3.71. The minimum Gasteiger partial charge on any atom is -0.398 e. The van der Waals surface area contributed by atoms with Gasteiger partial charge in [0.15, 0.2) is 0 Å². The van der Waals surface area contributed by atoms with E-state index in [1.807, 2.05) is 6.07 Å². The fraction of sp³-hybridized carbons (Fsp3) is 0.625. The molecular weight excluding hydrogens is 234 g/mol. The van der Waals surface area contributed by atoms with Gasteiger partial charge < -0.3 is 5.73 Å². The summed E-state index contributed by atoms with van der Waals surface area (Å²) in [5, 5.41) is 0. The van der Waals surface area contributed by atoms with Gasteiger partial charge in [-0.2, -0.15) is 0 Å². The molecule has 0 saturated carbocycles. The zero-order valence-electron chi connectivity index (χ0n) is 12.5. The molecule has 1 unspecified atom stereocenters. The van der Waals surface area contributed by atoms with E-state index < -0.39 is 0 Å². The Kier molecular flexibility index (Phi) is 4.83. The molecule has 1 aromatic carbocycles. The predicted molar refractivity (Wildman–Crippen MR) is 82.2 cm³/mol. The van der Waals surface area contributed by atoms with Crippen molar-refractivity contribution in [2.24, 2.45) is 0 Å². The Morgan fingerprint density at radius 2 is 1.89 bits per heavy atom. The number of nitrogens with zero attached hydrogens (tertiary/aromatic N) is 2. The molecule has 19 heavy (non-hydrogen) atoms. The number of aryl methyl sites for hydroxylation is 1. The van der Waals surface area contributed by atoms with E-state index in [1.165, 1.54) is 30.6 Å². The summed E-state index contributed by atoms with van der Waals surface area (Å²) in [5.41, 5.74) is 9.56. The molecule has 3 heteroatoms. The van der Waals surface area contributed by atoms with Crippen LogP contribution in [0.4, 0.5) is 5.69 Å². The predicted octanol–water partition coefficient (Wildman–Crippen LogP) is 2.49. The summed E-state index contributed by atoms with van der Waals surface area (Å²) in [6, 6.07) is 7.04. The Morgan fingerprint density at radius 1 is 1.21 bits per heavy atom. The lowest BCUT2D eigenvalue weighted by Gasteiger charge is -2.38. The molecule has 0 spiro atoms. The molecule has 1 aromatic rings. The van der Waals surface area contributed by atoms with E-state index in [1.54, 1.807) is 0 Å². The van der Waals surface area contributed by atoms with Crippen LogP contribution in [0.1, 0.15) is 31.4 Å². The highest BCUT2D eigenvalue weighted by molar-refractivity contribution is 5.48. The largest absolute Gasteiger partial charge is 0.398 e. The SMILES string of the molecule is CCC(C)N1CCN(Cc2cc(C)ccc2N)CC1. The zero-order chi connectivity index (χ0) is 13.8. The molecule has 106 valence electrons. The van der Waals surface area contributed by atoms with E-state index in [2.05, 4.69) is 42.7 Å². The molecule has 0 aliphatic carbocycles. The monoisotopic (exact) mass is 261 g/mol. The fourth-order valence-corrected chi connectivity index (χ4v) is 2.73. The van der Waals surface area contributed by atoms with Crippen molar-refractivity contribution in [2.75, 3.05) is 31.9 Å². The molecule has 3 nitrogen and oxygen atoms in total. The Morgan fingerprint density at radius 3 is 2.53 bits per heavy atom. The molecule has 1 atom stereocenters. The molecule has 2 rings (SSSR count). The summed E-state index contributed by atoms with van der Waals surface area (Å²) in [7, 11) is 0. The van der Waals surface area contributed by atoms with Crippen LogP contribution in [-0.2, 0) is 6.54 Å². The highest BCUT2D eigenvalue weighted by Gasteiger charge is 2.20. The van der Waals surface area contributed by atoms with Gasteiger partial charge in [0.05, 0.1) is 0 Å². The van der Waals surface area contributed by atoms with Gasteiger partial charge in [0.25, 0.3) is 0 Å². The molecule has 1 saturated heterocycles. The molecule has 1 aliphatic rings. The van der Waals surface area contributed by atoms with Crippen molar-refractivity contribution in [2.45, 2.75) is 39.8 Å². The molecule has 1 heterocycles. The topological polar surface area (TPSA) is 32.5 Å². The summed E-state index contributed by atoms with van der Waals surface area (Å²) in [6.07, 6.45) is 1.24. The number of anilines is 1. The first-order valence-corrected chi connectivity index (χ1v) is 7.41. The highest BCUT2D eigenvalue weighted by atomic mass is 15.3. The van der Waals surface area contributed by atoms with Crippen LogP contribution in [0, 0.1) is 6.92 Å². The third-order valence-electron chi connectivity index (χ3n) is 4.31. The molecule has 0 aromatic heterocycles. The lowest BCUT2D eigenvalue weighted by atomic mass is 10.1. The van der Waals surface area contributed by atoms with Crippen LogP contribution in [0.3, 0.4) is 0 Å². The van der Waals surface area contributed by atoms with Gasteiger partial charge >= 0.3 is 0 Å². The Labute approximate surface area is 117 Å². The molecule has 2 N–H and O–H groups in total. The first-order chi connectivity index (χ1) is 9.10. The lowest BCUT2D eigenvalue weighted by molar-refractivity contribution is 0.0965. The van der Waals surface area contributed by atoms with Gasteiger partial charge in [-0.1, -0.05) is 24.6 Å². The van der Waals surface area contributed by atoms with E-state index in [-0.39, 0.29) is 0 Å². The van der Waals surface area contributed by atoms with E-state index in [9.17, 15) is 0 Å². The number of rotatable bonds is 4. The summed E-state index contributed by atoms with van der Waals surface area (Å²) in [4.78, 5) is 5.11. The van der Waals surface area contributed by atoms with Crippen molar-refractivity contribution < 1.29 is 0 Å². The maximum absolute atomic E-state index is 6.07. The number of piperazine rings is 1. The number of nitrogens with two attached hydrogens (primary N) is 1. The van der Waals surface area contributed by atoms with E-state index in [0.717, 1.165) is 25.3 Å². The van der Waals surface area contributed by atoms with E-state index in [4.69, 9.17) is 5.73 Å². The standard InChI is InChI=1S/C16H27N3/c1-4-14(3)19-9-7-18(8-10-19)12-15-11-13(2)5-6-16(15)17/h5-6,11,14H,4,7-10,12,17H2,1-3H3. The van der Waals surface area contributed by atoms with Crippen LogP contribution in [0.25, 0.3) is 0 Å². The second kappa shape index (κ2) is 6.40. The van der Waals surface area contributed by atoms with Crippen molar-refractivity contribution in [3.05, 3.63) is 29.3 Å². The second-order valence-electron chi connectivity index (χ2n) is 5.77. The first kappa shape index (κ1) is 14.4. The van der Waals surface area contributed by atoms with Crippen LogP contribution >= 0.6 is 0 Å². The Hall–Kier alpha value is -1.06. The van der Waals surface area contributed by atoms with Gasteiger partial charge in [0.2, 0.25) is 0 Å². The van der Waals surface area contributed by atoms with Crippen LogP contribution in [0.5, 0.6) is 0 Å². The van der Waals surface area contributed by atoms with Gasteiger partial charge in [0, 0.05) is 44.5 Å². The van der Waals surface area contributed by atoms with Crippen LogP contribution in [-0.4, -0.2) is 42.0 Å². The van der Waals surface area contributed by atoms with E-state index in [0.29, 0.717) is 6.04 Å². The van der Waals surface area contributed by atoms with Crippen LogP contribution in [0.2, 0.25) is 0 Å². The number of hydrogen-bond donors (Lipinski definition) is 1. The minimum absolute atomic E-state index is 0.714. The van der Waals surface area contributed by atoms with Gasteiger partial charge in [0.1, 0.15) is 0 Å². The summed E-state index contributed by atoms with van der Waals surface area (Å²) in [5.74, 6) is 0. The van der Waals surface area contributed by atoms with Crippen molar-refractivity contribution >= 4 is 5.69 Å². The molecule has 1 fully saturated rings. The summed E-state index contributed by atoms with van der Waals surface area (Å²) < 4.78 is 0. The van der Waals surface area contributed by atoms with Crippen molar-refractivity contribution in [3.63, 3.8) is 0 Å². The highest BCUT2D eigenvalue weighted by Crippen LogP contribution is 2.17. The number of benzene rings is 1. The minimum atomic E-state index is 0.714. The zero-order valence-corrected chi connectivity index (χ0v) is 12.5. The van der Waals surface area contributed by atoms with Crippen molar-refractivity contribution in [1.82, 2.24) is 9.80 Å². The first-order valence-electron chi connectivity index (χ1n) is 7.41. The summed E-state index contributed by atoms with van der Waals surface area (Å²) in [6.45, 7) is 12.4. The molecular formula is C16H27N3. The molecule has 1 aliphatic heterocycles. The number of nitrogen functional groups attached to an aromatic ring is 1. The van der Waals surface area contributed by atoms with E-state index >= 15 is 0 Å². The fourth-order valence-electron chi connectivity index (χ4n) is 2.73. The third-order valence-corrected chi connectivity index (χ3v) is 4.31. The van der Waals surface area contributed by atoms with Gasteiger partial charge in [-0.3, -0.25) is 9.80 Å². The Bertz CT molecular complexity index is 408. The van der Waals surface area contributed by atoms with Gasteiger partial charge in [-0.25, -0.2) is 0 Å². The van der Waals surface area contributed by atoms with Crippen molar-refractivity contribution in [1.29, 1.82) is 0 Å². The average Bonchev–Trinajstić information content (AvgIpc) is 2.43. The number of hydrogen-bond acceptors (Lipinski definition) is 3. The molecule has 0 radical (unpaired) electrons. The van der Waals surface area contributed by atoms with Crippen LogP contribution < -0.4 is 5.73 Å². The van der Waals surface area contributed by atoms with Crippen LogP contribution in [0.15, 0.2) is 18.2 Å². The summed E-state index contributed by atoms with van der Waals surface area (Å²) >= 11 is 0. The maximum atomic E-state index is 6.07. The second-order valence-corrected chi connectivity index (χ2v) is 5.77. The quantitative estimate of drug-likeness (QED) is 0.845. The molecule has 0 amide bonds. The normalized spacial score (nSPS) is 19.5. The molecule has 0 bridgehead atoms. The smallest absolute Gasteiger partial charge is 0.0359 e. The van der Waals surface area contributed by atoms with Gasteiger partial charge in [-0.15, -0.1) is 0 Å². The van der Waals surface area contributed by atoms with Gasteiger partial charge in [-0.05, 0) is 31.9 Å². The Balaban J connectivity index is 1.90. The maximum Gasteiger partial charge on any atom is 0.0359 e.